The van der Waals surface area contributed by atoms with E-state index in [1.165, 1.54) is 12.1 Å². The van der Waals surface area contributed by atoms with Crippen molar-refractivity contribution in [3.8, 4) is 0 Å². The van der Waals surface area contributed by atoms with Crippen molar-refractivity contribution >= 4 is 52.2 Å². The molecule has 0 radical (unpaired) electrons. The van der Waals surface area contributed by atoms with E-state index >= 15 is 0 Å². The predicted molar refractivity (Wildman–Crippen MR) is 94.4 cm³/mol. The second kappa shape index (κ2) is 6.97. The number of amides is 2. The molecule has 1 aliphatic heterocycles. The van der Waals surface area contributed by atoms with Gasteiger partial charge in [0.25, 0.3) is 11.1 Å². The molecule has 0 unspecified atom stereocenters. The lowest BCUT2D eigenvalue weighted by atomic mass is 10.2. The second-order valence-corrected chi connectivity index (χ2v) is 6.83. The SMILES string of the molecule is O=C1S/C(=C/c2ccccc2Cl)C(=O)N1Cc1ccc(F)cc1Cl. The summed E-state index contributed by atoms with van der Waals surface area (Å²) in [5, 5.41) is 0.258. The molecule has 0 aliphatic carbocycles. The molecule has 122 valence electrons. The number of nitrogens with zero attached hydrogens (tertiary/aromatic N) is 1. The van der Waals surface area contributed by atoms with E-state index in [9.17, 15) is 14.0 Å². The Balaban J connectivity index is 1.85. The van der Waals surface area contributed by atoms with Crippen LogP contribution in [0.4, 0.5) is 9.18 Å². The minimum atomic E-state index is -0.475. The number of hydrogen-bond donors (Lipinski definition) is 0. The number of rotatable bonds is 3. The first-order valence-electron chi connectivity index (χ1n) is 6.89. The first-order chi connectivity index (χ1) is 11.5. The third kappa shape index (κ3) is 3.48. The summed E-state index contributed by atoms with van der Waals surface area (Å²) in [6, 6.07) is 10.9. The Morgan fingerprint density at radius 2 is 1.83 bits per heavy atom. The minimum Gasteiger partial charge on any atom is -0.268 e. The summed E-state index contributed by atoms with van der Waals surface area (Å²) in [7, 11) is 0. The summed E-state index contributed by atoms with van der Waals surface area (Å²) in [6.07, 6.45) is 1.58. The molecule has 0 bridgehead atoms. The molecule has 0 N–H and O–H groups in total. The van der Waals surface area contributed by atoms with Crippen LogP contribution in [-0.4, -0.2) is 16.0 Å². The summed E-state index contributed by atoms with van der Waals surface area (Å²) < 4.78 is 13.1. The van der Waals surface area contributed by atoms with Gasteiger partial charge in [0, 0.05) is 10.0 Å². The van der Waals surface area contributed by atoms with E-state index in [4.69, 9.17) is 23.2 Å². The third-order valence-corrected chi connectivity index (χ3v) is 5.01. The number of benzene rings is 2. The van der Waals surface area contributed by atoms with Crippen LogP contribution in [0.15, 0.2) is 47.4 Å². The number of hydrogen-bond acceptors (Lipinski definition) is 3. The Labute approximate surface area is 152 Å². The van der Waals surface area contributed by atoms with Crippen LogP contribution < -0.4 is 0 Å². The molecule has 0 aromatic heterocycles. The fourth-order valence-electron chi connectivity index (χ4n) is 2.19. The van der Waals surface area contributed by atoms with Crippen molar-refractivity contribution in [2.24, 2.45) is 0 Å². The molecule has 7 heteroatoms. The van der Waals surface area contributed by atoms with Gasteiger partial charge < -0.3 is 0 Å². The van der Waals surface area contributed by atoms with Crippen molar-refractivity contribution < 1.29 is 14.0 Å². The first-order valence-corrected chi connectivity index (χ1v) is 8.47. The van der Waals surface area contributed by atoms with Gasteiger partial charge in [-0.3, -0.25) is 14.5 Å². The lowest BCUT2D eigenvalue weighted by Crippen LogP contribution is -2.27. The highest BCUT2D eigenvalue weighted by atomic mass is 35.5. The van der Waals surface area contributed by atoms with Crippen molar-refractivity contribution in [3.05, 3.63) is 74.4 Å². The smallest absolute Gasteiger partial charge is 0.268 e. The highest BCUT2D eigenvalue weighted by molar-refractivity contribution is 8.18. The van der Waals surface area contributed by atoms with E-state index < -0.39 is 17.0 Å². The van der Waals surface area contributed by atoms with Crippen LogP contribution in [0, 0.1) is 5.82 Å². The van der Waals surface area contributed by atoms with Crippen LogP contribution in [0.1, 0.15) is 11.1 Å². The van der Waals surface area contributed by atoms with Crippen molar-refractivity contribution in [1.82, 2.24) is 4.90 Å². The highest BCUT2D eigenvalue weighted by Crippen LogP contribution is 2.35. The second-order valence-electron chi connectivity index (χ2n) is 5.03. The van der Waals surface area contributed by atoms with E-state index in [0.29, 0.717) is 16.1 Å². The van der Waals surface area contributed by atoms with Crippen LogP contribution in [0.2, 0.25) is 10.0 Å². The number of imide groups is 1. The average Bonchev–Trinajstić information content (AvgIpc) is 2.79. The maximum Gasteiger partial charge on any atom is 0.293 e. The predicted octanol–water partition coefficient (Wildman–Crippen LogP) is 5.37. The number of halogens is 3. The van der Waals surface area contributed by atoms with Gasteiger partial charge in [-0.25, -0.2) is 4.39 Å². The Bertz CT molecular complexity index is 869. The quantitative estimate of drug-likeness (QED) is 0.670. The molecule has 1 heterocycles. The normalized spacial score (nSPS) is 16.3. The molecule has 3 rings (SSSR count). The summed E-state index contributed by atoms with van der Waals surface area (Å²) in [4.78, 5) is 26.0. The van der Waals surface area contributed by atoms with Crippen molar-refractivity contribution in [2.45, 2.75) is 6.54 Å². The molecule has 0 atom stereocenters. The molecule has 2 aromatic carbocycles. The van der Waals surface area contributed by atoms with Gasteiger partial charge in [-0.05, 0) is 47.2 Å². The molecule has 0 saturated carbocycles. The summed E-state index contributed by atoms with van der Waals surface area (Å²) in [5.74, 6) is -0.901. The maximum absolute atomic E-state index is 13.1. The monoisotopic (exact) mass is 381 g/mol. The van der Waals surface area contributed by atoms with Crippen LogP contribution in [0.3, 0.4) is 0 Å². The molecule has 1 saturated heterocycles. The van der Waals surface area contributed by atoms with Gasteiger partial charge in [0.05, 0.1) is 11.4 Å². The largest absolute Gasteiger partial charge is 0.293 e. The molecule has 3 nitrogen and oxygen atoms in total. The van der Waals surface area contributed by atoms with Gasteiger partial charge in [-0.1, -0.05) is 47.5 Å². The molecule has 1 fully saturated rings. The van der Waals surface area contributed by atoms with E-state index in [0.717, 1.165) is 22.7 Å². The fraction of sp³-hybridized carbons (Fsp3) is 0.0588. The fourth-order valence-corrected chi connectivity index (χ4v) is 3.44. The number of carbonyl (C=O) groups excluding carboxylic acids is 2. The zero-order valence-corrected chi connectivity index (χ0v) is 14.5. The lowest BCUT2D eigenvalue weighted by Gasteiger charge is -2.13. The van der Waals surface area contributed by atoms with E-state index in [2.05, 4.69) is 0 Å². The molecule has 0 spiro atoms. The first kappa shape index (κ1) is 17.0. The van der Waals surface area contributed by atoms with Gasteiger partial charge in [-0.2, -0.15) is 0 Å². The Morgan fingerprint density at radius 3 is 2.54 bits per heavy atom. The van der Waals surface area contributed by atoms with Gasteiger partial charge in [0.1, 0.15) is 5.82 Å². The van der Waals surface area contributed by atoms with Crippen molar-refractivity contribution in [2.75, 3.05) is 0 Å². The summed E-state index contributed by atoms with van der Waals surface area (Å²) in [5.41, 5.74) is 1.16. The average molecular weight is 382 g/mol. The highest BCUT2D eigenvalue weighted by Gasteiger charge is 2.35. The molecule has 2 amide bonds. The molecule has 1 aliphatic rings. The molecule has 24 heavy (non-hydrogen) atoms. The maximum atomic E-state index is 13.1. The Kier molecular flexibility index (Phi) is 4.94. The van der Waals surface area contributed by atoms with Crippen LogP contribution >= 0.6 is 35.0 Å². The number of thioether (sulfide) groups is 1. The third-order valence-electron chi connectivity index (χ3n) is 3.41. The van der Waals surface area contributed by atoms with Crippen molar-refractivity contribution in [1.29, 1.82) is 0 Å². The van der Waals surface area contributed by atoms with Gasteiger partial charge in [0.2, 0.25) is 0 Å². The Morgan fingerprint density at radius 1 is 1.08 bits per heavy atom. The standard InChI is InChI=1S/C17H10Cl2FNO2S/c18-13-4-2-1-3-10(13)7-15-16(22)21(17(23)24-15)9-11-5-6-12(20)8-14(11)19/h1-8H,9H2/b15-7+. The van der Waals surface area contributed by atoms with E-state index in [-0.39, 0.29) is 16.5 Å². The summed E-state index contributed by atoms with van der Waals surface area (Å²) in [6.45, 7) is -0.0103. The van der Waals surface area contributed by atoms with Crippen LogP contribution in [0.5, 0.6) is 0 Å². The van der Waals surface area contributed by atoms with Gasteiger partial charge in [-0.15, -0.1) is 0 Å². The van der Waals surface area contributed by atoms with Gasteiger partial charge in [0.15, 0.2) is 0 Å². The molecule has 2 aromatic rings. The molecular weight excluding hydrogens is 372 g/mol. The number of carbonyl (C=O) groups is 2. The lowest BCUT2D eigenvalue weighted by molar-refractivity contribution is -0.123. The van der Waals surface area contributed by atoms with Crippen LogP contribution in [0.25, 0.3) is 6.08 Å². The van der Waals surface area contributed by atoms with E-state index in [1.807, 2.05) is 0 Å². The summed E-state index contributed by atoms with van der Waals surface area (Å²) >= 11 is 12.9. The Hall–Kier alpha value is -1.82. The van der Waals surface area contributed by atoms with Gasteiger partial charge >= 0.3 is 0 Å². The minimum absolute atomic E-state index is 0.0103. The van der Waals surface area contributed by atoms with Crippen molar-refractivity contribution in [3.63, 3.8) is 0 Å². The topological polar surface area (TPSA) is 37.4 Å². The zero-order chi connectivity index (χ0) is 17.3. The van der Waals surface area contributed by atoms with E-state index in [1.54, 1.807) is 30.3 Å². The molecular formula is C17H10Cl2FNO2S. The zero-order valence-electron chi connectivity index (χ0n) is 12.1. The van der Waals surface area contributed by atoms with Crippen LogP contribution in [-0.2, 0) is 11.3 Å².